The van der Waals surface area contributed by atoms with E-state index in [2.05, 4.69) is 4.98 Å². The second-order valence-corrected chi connectivity index (χ2v) is 3.09. The molecule has 1 aromatic heterocycles. The molecule has 0 aliphatic heterocycles. The molecule has 0 aliphatic rings. The summed E-state index contributed by atoms with van der Waals surface area (Å²) < 4.78 is 0. The number of carboxylic acids is 1. The molecule has 0 atom stereocenters. The van der Waals surface area contributed by atoms with Crippen LogP contribution in [0.15, 0.2) is 11.5 Å². The molecule has 0 saturated heterocycles. The third kappa shape index (κ3) is 2.32. The van der Waals surface area contributed by atoms with Gasteiger partial charge in [-0.05, 0) is 6.08 Å². The molecular weight excluding hydrogens is 198 g/mol. The summed E-state index contributed by atoms with van der Waals surface area (Å²) in [6.45, 7) is 0. The van der Waals surface area contributed by atoms with Gasteiger partial charge < -0.3 is 9.90 Å². The normalized spacial score (nSPS) is 10.8. The summed E-state index contributed by atoms with van der Waals surface area (Å²) >= 11 is 6.42. The fourth-order valence-electron chi connectivity index (χ4n) is 0.622. The van der Waals surface area contributed by atoms with Gasteiger partial charge in [-0.2, -0.15) is 0 Å². The number of halogens is 1. The third-order valence-electron chi connectivity index (χ3n) is 1.07. The Hall–Kier alpha value is -0.870. The summed E-state index contributed by atoms with van der Waals surface area (Å²) in [5.41, 5.74) is 0.597. The highest BCUT2D eigenvalue weighted by Gasteiger charge is 1.98. The number of aromatic nitrogens is 1. The summed E-state index contributed by atoms with van der Waals surface area (Å²) in [5, 5.41) is 11.9. The van der Waals surface area contributed by atoms with Crippen LogP contribution >= 0.6 is 22.9 Å². The molecule has 1 heterocycles. The molecule has 5 heteroatoms. The van der Waals surface area contributed by atoms with Crippen molar-refractivity contribution in [2.24, 2.45) is 0 Å². The molecule has 0 aromatic carbocycles. The van der Waals surface area contributed by atoms with E-state index in [1.807, 2.05) is 0 Å². The number of carbonyl (C=O) groups excluding carboxylic acids is 1. The first-order chi connectivity index (χ1) is 5.74. The van der Waals surface area contributed by atoms with E-state index < -0.39 is 5.97 Å². The van der Waals surface area contributed by atoms with E-state index in [4.69, 9.17) is 11.6 Å². The van der Waals surface area contributed by atoms with Crippen LogP contribution in [0.25, 0.3) is 6.08 Å². The van der Waals surface area contributed by atoms with Gasteiger partial charge in [0.15, 0.2) is 0 Å². The van der Waals surface area contributed by atoms with E-state index >= 15 is 0 Å². The monoisotopic (exact) mass is 202 g/mol. The summed E-state index contributed by atoms with van der Waals surface area (Å²) in [7, 11) is 0. The Bertz CT molecular complexity index is 308. The lowest BCUT2D eigenvalue weighted by Crippen LogP contribution is -2.21. The van der Waals surface area contributed by atoms with Gasteiger partial charge in [0.2, 0.25) is 0 Å². The molecule has 0 fully saturated rings. The highest BCUT2D eigenvalue weighted by molar-refractivity contribution is 7.11. The van der Waals surface area contributed by atoms with Crippen molar-refractivity contribution in [3.63, 3.8) is 0 Å². The second kappa shape index (κ2) is 4.23. The molecule has 3 nitrogen and oxygen atoms in total. The maximum Gasteiger partial charge on any atom is 0.139 e. The number of hydrogen-bond donors (Lipinski definition) is 0. The maximum atomic E-state index is 10.3. The minimum absolute atomic E-state index is 0.00998. The lowest BCUT2D eigenvalue weighted by molar-refractivity contribution is -0.255. The molecule has 0 amide bonds. The van der Waals surface area contributed by atoms with Gasteiger partial charge in [-0.3, -0.25) is 0 Å². The van der Waals surface area contributed by atoms with Crippen LogP contribution in [-0.2, 0) is 0 Å². The first-order valence-corrected chi connectivity index (χ1v) is 4.55. The minimum Gasteiger partial charge on any atom is -0.542 e. The van der Waals surface area contributed by atoms with Gasteiger partial charge in [-0.15, -0.1) is 22.9 Å². The van der Waals surface area contributed by atoms with Gasteiger partial charge >= 0.3 is 0 Å². The van der Waals surface area contributed by atoms with Gasteiger partial charge in [0, 0.05) is 11.3 Å². The fraction of sp³-hybridized carbons (Fsp3) is 0.143. The highest BCUT2D eigenvalue weighted by Crippen LogP contribution is 2.09. The van der Waals surface area contributed by atoms with E-state index in [1.165, 1.54) is 0 Å². The molecule has 12 heavy (non-hydrogen) atoms. The van der Waals surface area contributed by atoms with Crippen LogP contribution in [0.2, 0.25) is 0 Å². The second-order valence-electron chi connectivity index (χ2n) is 1.92. The number of aromatic carboxylic acids is 1. The Labute approximate surface area is 78.3 Å². The van der Waals surface area contributed by atoms with E-state index in [0.29, 0.717) is 11.6 Å². The summed E-state index contributed by atoms with van der Waals surface area (Å²) in [6, 6.07) is 0. The van der Waals surface area contributed by atoms with Crippen molar-refractivity contribution in [2.45, 2.75) is 0 Å². The zero-order chi connectivity index (χ0) is 8.97. The lowest BCUT2D eigenvalue weighted by Gasteiger charge is -1.91. The van der Waals surface area contributed by atoms with Crippen molar-refractivity contribution in [3.8, 4) is 0 Å². The molecule has 0 radical (unpaired) electrons. The van der Waals surface area contributed by atoms with Gasteiger partial charge in [0.25, 0.3) is 0 Å². The number of nitrogens with zero attached hydrogens (tertiary/aromatic N) is 1. The van der Waals surface area contributed by atoms with Crippen LogP contribution < -0.4 is 5.11 Å². The van der Waals surface area contributed by atoms with E-state index in [0.717, 1.165) is 11.3 Å². The van der Waals surface area contributed by atoms with E-state index in [-0.39, 0.29) is 5.01 Å². The van der Waals surface area contributed by atoms with Crippen LogP contribution in [0, 0.1) is 0 Å². The Morgan fingerprint density at radius 2 is 2.58 bits per heavy atom. The zero-order valence-electron chi connectivity index (χ0n) is 5.99. The predicted octanol–water partition coefficient (Wildman–Crippen LogP) is 0.759. The van der Waals surface area contributed by atoms with Crippen molar-refractivity contribution in [3.05, 3.63) is 22.2 Å². The first-order valence-electron chi connectivity index (χ1n) is 3.13. The summed E-state index contributed by atoms with van der Waals surface area (Å²) in [4.78, 5) is 14.0. The number of thiazole rings is 1. The molecule has 0 bridgehead atoms. The van der Waals surface area contributed by atoms with Gasteiger partial charge in [-0.1, -0.05) is 6.08 Å². The molecule has 64 valence electrons. The quantitative estimate of drug-likeness (QED) is 0.680. The molecule has 0 aliphatic carbocycles. The summed E-state index contributed by atoms with van der Waals surface area (Å²) in [6.07, 6.45) is 3.35. The number of alkyl halides is 1. The van der Waals surface area contributed by atoms with Crippen molar-refractivity contribution >= 4 is 35.0 Å². The predicted molar refractivity (Wildman–Crippen MR) is 46.2 cm³/mol. The number of allylic oxidation sites excluding steroid dienone is 1. The van der Waals surface area contributed by atoms with E-state index in [9.17, 15) is 9.90 Å². The van der Waals surface area contributed by atoms with Crippen molar-refractivity contribution in [1.82, 2.24) is 4.98 Å². The zero-order valence-corrected chi connectivity index (χ0v) is 7.56. The number of hydrogen-bond acceptors (Lipinski definition) is 4. The lowest BCUT2D eigenvalue weighted by atomic mass is 10.4. The average Bonchev–Trinajstić information content (AvgIpc) is 2.48. The van der Waals surface area contributed by atoms with Crippen LogP contribution in [0.4, 0.5) is 0 Å². The third-order valence-corrected chi connectivity index (χ3v) is 2.09. The van der Waals surface area contributed by atoms with Crippen molar-refractivity contribution in [2.75, 3.05) is 5.88 Å². The van der Waals surface area contributed by atoms with Crippen molar-refractivity contribution in [1.29, 1.82) is 0 Å². The number of carbonyl (C=O) groups is 1. The molecule has 1 rings (SSSR count). The Balaban J connectivity index is 2.77. The molecule has 1 aromatic rings. The van der Waals surface area contributed by atoms with Crippen LogP contribution in [0.5, 0.6) is 0 Å². The Kier molecular flexibility index (Phi) is 3.25. The minimum atomic E-state index is -1.24. The highest BCUT2D eigenvalue weighted by atomic mass is 35.5. The largest absolute Gasteiger partial charge is 0.542 e. The average molecular weight is 203 g/mol. The number of rotatable bonds is 3. The number of carboxylic acid groups (broad SMARTS) is 1. The fourth-order valence-corrected chi connectivity index (χ4v) is 1.33. The van der Waals surface area contributed by atoms with Gasteiger partial charge in [0.05, 0.1) is 5.69 Å². The SMILES string of the molecule is O=C([O-])c1nc(C=CCCl)cs1. The molecular formula is C7H5ClNO2S-. The van der Waals surface area contributed by atoms with Gasteiger partial charge in [0.1, 0.15) is 11.0 Å². The topological polar surface area (TPSA) is 53.0 Å². The first kappa shape index (κ1) is 9.22. The molecule has 0 spiro atoms. The maximum absolute atomic E-state index is 10.3. The smallest absolute Gasteiger partial charge is 0.139 e. The Morgan fingerprint density at radius 3 is 3.08 bits per heavy atom. The standard InChI is InChI=1S/C7H6ClNO2S/c8-3-1-2-5-4-12-6(9-5)7(10)11/h1-2,4H,3H2,(H,10,11)/p-1. The van der Waals surface area contributed by atoms with Gasteiger partial charge in [-0.25, -0.2) is 4.98 Å². The molecule has 0 N–H and O–H groups in total. The van der Waals surface area contributed by atoms with Crippen LogP contribution in [-0.4, -0.2) is 16.8 Å². The summed E-state index contributed by atoms with van der Waals surface area (Å²) in [5.74, 6) is -0.858. The van der Waals surface area contributed by atoms with Crippen LogP contribution in [0.3, 0.4) is 0 Å². The molecule has 0 saturated carbocycles. The van der Waals surface area contributed by atoms with Crippen LogP contribution in [0.1, 0.15) is 15.5 Å². The molecule has 0 unspecified atom stereocenters. The van der Waals surface area contributed by atoms with E-state index in [1.54, 1.807) is 17.5 Å². The Morgan fingerprint density at radius 1 is 1.83 bits per heavy atom. The van der Waals surface area contributed by atoms with Crippen molar-refractivity contribution < 1.29 is 9.90 Å².